The van der Waals surface area contributed by atoms with Crippen molar-refractivity contribution < 1.29 is 0 Å². The molecule has 0 aliphatic heterocycles. The van der Waals surface area contributed by atoms with E-state index in [1.165, 1.54) is 15.3 Å². The summed E-state index contributed by atoms with van der Waals surface area (Å²) >= 11 is 3.68. The van der Waals surface area contributed by atoms with Gasteiger partial charge in [0.05, 0.1) is 0 Å². The fraction of sp³-hybridized carbons (Fsp3) is 0.529. The third kappa shape index (κ3) is 2.36. The van der Waals surface area contributed by atoms with E-state index in [1.54, 1.807) is 0 Å². The standard InChI is InChI=1S/C17H23NS2/c1-16(2)15(17(16,3)4)10-18-9-13-8-12(11-20-13)14-6-5-7-19-14/h5-8,11,15,18H,9-10H2,1-4H3. The Hall–Kier alpha value is -0.640. The molecule has 108 valence electrons. The normalized spacial score (nSPS) is 20.2. The van der Waals surface area contributed by atoms with Crippen LogP contribution >= 0.6 is 22.7 Å². The zero-order valence-corrected chi connectivity index (χ0v) is 14.3. The van der Waals surface area contributed by atoms with Gasteiger partial charge in [-0.25, -0.2) is 0 Å². The first-order valence-electron chi connectivity index (χ1n) is 7.25. The molecule has 20 heavy (non-hydrogen) atoms. The highest BCUT2D eigenvalue weighted by Crippen LogP contribution is 2.67. The van der Waals surface area contributed by atoms with Gasteiger partial charge >= 0.3 is 0 Å². The molecule has 0 saturated heterocycles. The number of hydrogen-bond donors (Lipinski definition) is 1. The van der Waals surface area contributed by atoms with Crippen LogP contribution in [-0.4, -0.2) is 6.54 Å². The Balaban J connectivity index is 1.53. The van der Waals surface area contributed by atoms with Crippen molar-refractivity contribution in [1.29, 1.82) is 0 Å². The number of thiophene rings is 2. The first kappa shape index (κ1) is 14.3. The van der Waals surface area contributed by atoms with E-state index in [1.807, 2.05) is 22.7 Å². The van der Waals surface area contributed by atoms with Crippen molar-refractivity contribution in [3.05, 3.63) is 33.8 Å². The molecule has 2 aromatic rings. The van der Waals surface area contributed by atoms with E-state index >= 15 is 0 Å². The minimum absolute atomic E-state index is 0.484. The highest BCUT2D eigenvalue weighted by atomic mass is 32.1. The molecule has 0 aromatic carbocycles. The van der Waals surface area contributed by atoms with Crippen molar-refractivity contribution in [2.45, 2.75) is 34.2 Å². The van der Waals surface area contributed by atoms with Gasteiger partial charge in [0.1, 0.15) is 0 Å². The molecule has 0 radical (unpaired) electrons. The maximum absolute atomic E-state index is 3.65. The number of nitrogens with one attached hydrogen (secondary N) is 1. The van der Waals surface area contributed by atoms with E-state index in [-0.39, 0.29) is 0 Å². The second-order valence-electron chi connectivity index (χ2n) is 6.91. The summed E-state index contributed by atoms with van der Waals surface area (Å²) in [7, 11) is 0. The topological polar surface area (TPSA) is 12.0 Å². The minimum Gasteiger partial charge on any atom is -0.312 e. The molecule has 0 amide bonds. The maximum Gasteiger partial charge on any atom is 0.0351 e. The molecule has 1 aliphatic carbocycles. The van der Waals surface area contributed by atoms with Crippen LogP contribution < -0.4 is 5.32 Å². The van der Waals surface area contributed by atoms with Gasteiger partial charge in [-0.05, 0) is 46.2 Å². The quantitative estimate of drug-likeness (QED) is 0.795. The maximum atomic E-state index is 3.65. The molecule has 3 rings (SSSR count). The summed E-state index contributed by atoms with van der Waals surface area (Å²) < 4.78 is 0. The third-order valence-electron chi connectivity index (χ3n) is 5.43. The summed E-state index contributed by atoms with van der Waals surface area (Å²) in [5.41, 5.74) is 2.34. The molecule has 0 atom stereocenters. The Kier molecular flexibility index (Phi) is 3.56. The van der Waals surface area contributed by atoms with Gasteiger partial charge in [-0.2, -0.15) is 0 Å². The van der Waals surface area contributed by atoms with Crippen molar-refractivity contribution in [2.24, 2.45) is 16.7 Å². The lowest BCUT2D eigenvalue weighted by molar-refractivity contribution is 0.457. The SMILES string of the molecule is CC1(C)C(CNCc2cc(-c3cccs3)cs2)C1(C)C. The van der Waals surface area contributed by atoms with Gasteiger partial charge in [-0.3, -0.25) is 0 Å². The molecule has 1 saturated carbocycles. The second kappa shape index (κ2) is 4.97. The number of rotatable bonds is 5. The summed E-state index contributed by atoms with van der Waals surface area (Å²) in [5, 5.41) is 8.06. The molecule has 2 aromatic heterocycles. The van der Waals surface area contributed by atoms with Crippen LogP contribution in [0.1, 0.15) is 32.6 Å². The van der Waals surface area contributed by atoms with Crippen LogP contribution in [0.2, 0.25) is 0 Å². The zero-order valence-electron chi connectivity index (χ0n) is 12.7. The first-order valence-corrected chi connectivity index (χ1v) is 9.01. The smallest absolute Gasteiger partial charge is 0.0351 e. The predicted octanol–water partition coefficient (Wildman–Crippen LogP) is 5.25. The Bertz CT molecular complexity index is 564. The van der Waals surface area contributed by atoms with Crippen LogP contribution in [0, 0.1) is 16.7 Å². The van der Waals surface area contributed by atoms with Crippen LogP contribution in [0.15, 0.2) is 29.0 Å². The zero-order chi connectivity index (χ0) is 14.4. The van der Waals surface area contributed by atoms with E-state index in [9.17, 15) is 0 Å². The lowest BCUT2D eigenvalue weighted by Crippen LogP contribution is -2.18. The largest absolute Gasteiger partial charge is 0.312 e. The van der Waals surface area contributed by atoms with Crippen LogP contribution in [0.3, 0.4) is 0 Å². The molecule has 3 heteroatoms. The van der Waals surface area contributed by atoms with Gasteiger partial charge in [-0.1, -0.05) is 33.8 Å². The fourth-order valence-electron chi connectivity index (χ4n) is 3.23. The molecule has 0 unspecified atom stereocenters. The summed E-state index contributed by atoms with van der Waals surface area (Å²) in [6.45, 7) is 11.7. The van der Waals surface area contributed by atoms with Crippen LogP contribution in [0.4, 0.5) is 0 Å². The van der Waals surface area contributed by atoms with Crippen molar-refractivity contribution in [2.75, 3.05) is 6.54 Å². The van der Waals surface area contributed by atoms with Crippen molar-refractivity contribution in [1.82, 2.24) is 5.32 Å². The Labute approximate surface area is 130 Å². The van der Waals surface area contributed by atoms with Crippen molar-refractivity contribution in [3.63, 3.8) is 0 Å². The summed E-state index contributed by atoms with van der Waals surface area (Å²) in [6, 6.07) is 6.64. The van der Waals surface area contributed by atoms with E-state index in [4.69, 9.17) is 0 Å². The highest BCUT2D eigenvalue weighted by molar-refractivity contribution is 7.14. The molecule has 1 fully saturated rings. The Morgan fingerprint density at radius 3 is 2.50 bits per heavy atom. The molecular weight excluding hydrogens is 282 g/mol. The average Bonchev–Trinajstić information content (AvgIpc) is 2.90. The van der Waals surface area contributed by atoms with E-state index in [0.29, 0.717) is 10.8 Å². The van der Waals surface area contributed by atoms with E-state index < -0.39 is 0 Å². The Morgan fingerprint density at radius 2 is 1.90 bits per heavy atom. The molecule has 1 aliphatic rings. The van der Waals surface area contributed by atoms with Gasteiger partial charge in [0, 0.05) is 21.9 Å². The molecule has 0 bridgehead atoms. The van der Waals surface area contributed by atoms with E-state index in [0.717, 1.165) is 19.0 Å². The monoisotopic (exact) mass is 305 g/mol. The molecule has 0 spiro atoms. The van der Waals surface area contributed by atoms with Crippen molar-refractivity contribution >= 4 is 22.7 Å². The second-order valence-corrected chi connectivity index (χ2v) is 8.85. The third-order valence-corrected chi connectivity index (χ3v) is 7.28. The average molecular weight is 306 g/mol. The first-order chi connectivity index (χ1) is 9.43. The molecule has 1 N–H and O–H groups in total. The van der Waals surface area contributed by atoms with Gasteiger partial charge in [0.2, 0.25) is 0 Å². The van der Waals surface area contributed by atoms with Gasteiger partial charge in [0.25, 0.3) is 0 Å². The summed E-state index contributed by atoms with van der Waals surface area (Å²) in [6.07, 6.45) is 0. The molecular formula is C17H23NS2. The fourth-order valence-corrected chi connectivity index (χ4v) is 4.87. The Morgan fingerprint density at radius 1 is 1.15 bits per heavy atom. The number of hydrogen-bond acceptors (Lipinski definition) is 3. The van der Waals surface area contributed by atoms with Gasteiger partial charge in [-0.15, -0.1) is 22.7 Å². The van der Waals surface area contributed by atoms with E-state index in [2.05, 4.69) is 62.0 Å². The van der Waals surface area contributed by atoms with Crippen LogP contribution in [0.5, 0.6) is 0 Å². The van der Waals surface area contributed by atoms with Crippen molar-refractivity contribution in [3.8, 4) is 10.4 Å². The molecule has 2 heterocycles. The summed E-state index contributed by atoms with van der Waals surface area (Å²) in [5.74, 6) is 0.798. The summed E-state index contributed by atoms with van der Waals surface area (Å²) in [4.78, 5) is 2.81. The highest BCUT2D eigenvalue weighted by Gasteiger charge is 2.63. The van der Waals surface area contributed by atoms with Gasteiger partial charge < -0.3 is 5.32 Å². The lowest BCUT2D eigenvalue weighted by atomic mass is 10.0. The lowest BCUT2D eigenvalue weighted by Gasteiger charge is -2.04. The predicted molar refractivity (Wildman–Crippen MR) is 90.4 cm³/mol. The van der Waals surface area contributed by atoms with Crippen LogP contribution in [0.25, 0.3) is 10.4 Å². The molecule has 1 nitrogen and oxygen atoms in total. The van der Waals surface area contributed by atoms with Gasteiger partial charge in [0.15, 0.2) is 0 Å². The minimum atomic E-state index is 0.484. The van der Waals surface area contributed by atoms with Crippen LogP contribution in [-0.2, 0) is 6.54 Å².